The van der Waals surface area contributed by atoms with Crippen molar-refractivity contribution in [3.8, 4) is 0 Å². The molecule has 0 aliphatic rings. The summed E-state index contributed by atoms with van der Waals surface area (Å²) in [7, 11) is 0. The SMILES string of the molecule is Cc1ccc(F)c(Br)c1.FCc1cccc(Br)c1Br. The fourth-order valence-corrected chi connectivity index (χ4v) is 2.52. The van der Waals surface area contributed by atoms with Crippen LogP contribution in [-0.2, 0) is 6.67 Å². The van der Waals surface area contributed by atoms with E-state index < -0.39 is 6.67 Å². The van der Waals surface area contributed by atoms with Crippen LogP contribution in [-0.4, -0.2) is 0 Å². The molecule has 0 aliphatic heterocycles. The average Bonchev–Trinajstić information content (AvgIpc) is 2.38. The van der Waals surface area contributed by atoms with Crippen molar-refractivity contribution in [3.63, 3.8) is 0 Å². The van der Waals surface area contributed by atoms with Crippen molar-refractivity contribution >= 4 is 47.8 Å². The number of rotatable bonds is 1. The Morgan fingerprint density at radius 3 is 2.16 bits per heavy atom. The van der Waals surface area contributed by atoms with E-state index in [-0.39, 0.29) is 5.82 Å². The maximum Gasteiger partial charge on any atom is 0.137 e. The molecule has 0 radical (unpaired) electrons. The molecule has 0 heterocycles. The fraction of sp³-hybridized carbons (Fsp3) is 0.143. The van der Waals surface area contributed by atoms with Crippen molar-refractivity contribution in [2.75, 3.05) is 0 Å². The van der Waals surface area contributed by atoms with Gasteiger partial charge in [-0.1, -0.05) is 18.2 Å². The van der Waals surface area contributed by atoms with Gasteiger partial charge in [0.15, 0.2) is 0 Å². The highest BCUT2D eigenvalue weighted by Gasteiger charge is 2.00. The van der Waals surface area contributed by atoms with Gasteiger partial charge in [-0.2, -0.15) is 0 Å². The molecular weight excluding hydrogens is 446 g/mol. The van der Waals surface area contributed by atoms with Crippen molar-refractivity contribution in [2.24, 2.45) is 0 Å². The molecule has 19 heavy (non-hydrogen) atoms. The van der Waals surface area contributed by atoms with Crippen LogP contribution in [0.25, 0.3) is 0 Å². The summed E-state index contributed by atoms with van der Waals surface area (Å²) in [5.41, 5.74) is 1.73. The Bertz CT molecular complexity index is 556. The normalized spacial score (nSPS) is 9.79. The van der Waals surface area contributed by atoms with Crippen LogP contribution in [0.5, 0.6) is 0 Å². The van der Waals surface area contributed by atoms with Crippen LogP contribution in [0, 0.1) is 12.7 Å². The molecule has 0 aliphatic carbocycles. The molecule has 0 amide bonds. The molecule has 0 N–H and O–H groups in total. The van der Waals surface area contributed by atoms with Crippen LogP contribution in [0.15, 0.2) is 49.8 Å². The smallest absolute Gasteiger partial charge is 0.137 e. The Kier molecular flexibility index (Phi) is 7.18. The minimum Gasteiger partial charge on any atom is -0.246 e. The Morgan fingerprint density at radius 1 is 1.00 bits per heavy atom. The fourth-order valence-electron chi connectivity index (χ4n) is 1.25. The molecule has 2 rings (SSSR count). The summed E-state index contributed by atoms with van der Waals surface area (Å²) in [5.74, 6) is -0.208. The van der Waals surface area contributed by atoms with Gasteiger partial charge in [-0.25, -0.2) is 8.78 Å². The predicted octanol–water partition coefficient (Wildman–Crippen LogP) is 6.58. The lowest BCUT2D eigenvalue weighted by molar-refractivity contribution is 0.484. The Labute approximate surface area is 136 Å². The van der Waals surface area contributed by atoms with E-state index in [0.29, 0.717) is 10.0 Å². The van der Waals surface area contributed by atoms with Gasteiger partial charge in [0.25, 0.3) is 0 Å². The maximum absolute atomic E-state index is 12.5. The van der Waals surface area contributed by atoms with Gasteiger partial charge in [0.05, 0.1) is 4.47 Å². The number of hydrogen-bond donors (Lipinski definition) is 0. The summed E-state index contributed by atoms with van der Waals surface area (Å²) in [5, 5.41) is 0. The highest BCUT2D eigenvalue weighted by molar-refractivity contribution is 9.13. The van der Waals surface area contributed by atoms with E-state index in [4.69, 9.17) is 0 Å². The van der Waals surface area contributed by atoms with Gasteiger partial charge >= 0.3 is 0 Å². The number of benzene rings is 2. The minimum absolute atomic E-state index is 0.208. The zero-order valence-corrected chi connectivity index (χ0v) is 14.8. The van der Waals surface area contributed by atoms with Crippen molar-refractivity contribution < 1.29 is 8.78 Å². The average molecular weight is 457 g/mol. The zero-order chi connectivity index (χ0) is 14.4. The first kappa shape index (κ1) is 16.8. The van der Waals surface area contributed by atoms with E-state index in [1.54, 1.807) is 18.2 Å². The van der Waals surface area contributed by atoms with E-state index >= 15 is 0 Å². The van der Waals surface area contributed by atoms with E-state index in [0.717, 1.165) is 14.5 Å². The maximum atomic E-state index is 12.5. The molecular formula is C14H11Br3F2. The van der Waals surface area contributed by atoms with Crippen molar-refractivity contribution in [1.82, 2.24) is 0 Å². The van der Waals surface area contributed by atoms with Crippen molar-refractivity contribution in [1.29, 1.82) is 0 Å². The number of alkyl halides is 1. The van der Waals surface area contributed by atoms with Crippen molar-refractivity contribution in [2.45, 2.75) is 13.6 Å². The summed E-state index contributed by atoms with van der Waals surface area (Å²) in [6, 6.07) is 10.3. The number of hydrogen-bond acceptors (Lipinski definition) is 0. The van der Waals surface area contributed by atoms with Gasteiger partial charge in [-0.15, -0.1) is 0 Å². The summed E-state index contributed by atoms with van der Waals surface area (Å²) in [6.45, 7) is 1.49. The summed E-state index contributed by atoms with van der Waals surface area (Å²) < 4.78 is 26.8. The zero-order valence-electron chi connectivity index (χ0n) is 10.1. The van der Waals surface area contributed by atoms with E-state index in [1.165, 1.54) is 6.07 Å². The van der Waals surface area contributed by atoms with Crippen LogP contribution in [0.4, 0.5) is 8.78 Å². The number of halogens is 5. The largest absolute Gasteiger partial charge is 0.246 e. The van der Waals surface area contributed by atoms with Crippen LogP contribution >= 0.6 is 47.8 Å². The standard InChI is InChI=1S/C7H5Br2F.C7H6BrF/c8-6-3-1-2-5(4-10)7(6)9;1-5-2-3-7(9)6(8)4-5/h1-3H,4H2;2-4H,1H3. The van der Waals surface area contributed by atoms with Crippen LogP contribution in [0.3, 0.4) is 0 Å². The van der Waals surface area contributed by atoms with Crippen LogP contribution in [0.2, 0.25) is 0 Å². The quantitative estimate of drug-likeness (QED) is 0.454. The lowest BCUT2D eigenvalue weighted by Gasteiger charge is -1.99. The predicted molar refractivity (Wildman–Crippen MR) is 85.5 cm³/mol. The van der Waals surface area contributed by atoms with Crippen LogP contribution in [0.1, 0.15) is 11.1 Å². The van der Waals surface area contributed by atoms with E-state index in [9.17, 15) is 8.78 Å². The Hall–Kier alpha value is -0.260. The lowest BCUT2D eigenvalue weighted by Crippen LogP contribution is -1.80. The number of aryl methyl sites for hydroxylation is 1. The first-order valence-electron chi connectivity index (χ1n) is 5.36. The monoisotopic (exact) mass is 454 g/mol. The summed E-state index contributed by atoms with van der Waals surface area (Å²) in [4.78, 5) is 0. The third-order valence-corrected chi connectivity index (χ3v) is 4.99. The highest BCUT2D eigenvalue weighted by atomic mass is 79.9. The van der Waals surface area contributed by atoms with Gasteiger partial charge in [-0.05, 0) is 84.0 Å². The molecule has 0 unspecified atom stereocenters. The molecule has 0 saturated carbocycles. The molecule has 2 aromatic rings. The molecule has 0 spiro atoms. The summed E-state index contributed by atoms with van der Waals surface area (Å²) in [6.07, 6.45) is 0. The molecule has 0 fully saturated rings. The van der Waals surface area contributed by atoms with Crippen molar-refractivity contribution in [3.05, 3.63) is 66.8 Å². The first-order chi connectivity index (χ1) is 8.95. The molecule has 0 saturated heterocycles. The van der Waals surface area contributed by atoms with Gasteiger partial charge in [0, 0.05) is 8.95 Å². The Balaban J connectivity index is 0.000000191. The van der Waals surface area contributed by atoms with Gasteiger partial charge in [0.2, 0.25) is 0 Å². The second kappa shape index (κ2) is 8.12. The first-order valence-corrected chi connectivity index (χ1v) is 7.74. The molecule has 0 atom stereocenters. The van der Waals surface area contributed by atoms with E-state index in [2.05, 4.69) is 47.8 Å². The third-order valence-electron chi connectivity index (χ3n) is 2.25. The molecule has 0 aromatic heterocycles. The third kappa shape index (κ3) is 5.32. The van der Waals surface area contributed by atoms with Crippen LogP contribution < -0.4 is 0 Å². The molecule has 102 valence electrons. The summed E-state index contributed by atoms with van der Waals surface area (Å²) >= 11 is 9.60. The lowest BCUT2D eigenvalue weighted by atomic mass is 10.2. The molecule has 0 bridgehead atoms. The van der Waals surface area contributed by atoms with Gasteiger partial charge in [-0.3, -0.25) is 0 Å². The Morgan fingerprint density at radius 2 is 1.68 bits per heavy atom. The molecule has 5 heteroatoms. The minimum atomic E-state index is -0.431. The highest BCUT2D eigenvalue weighted by Crippen LogP contribution is 2.26. The molecule has 2 aromatic carbocycles. The second-order valence-corrected chi connectivity index (χ2v) is 6.27. The van der Waals surface area contributed by atoms with Gasteiger partial charge < -0.3 is 0 Å². The second-order valence-electron chi connectivity index (χ2n) is 3.76. The van der Waals surface area contributed by atoms with Gasteiger partial charge in [0.1, 0.15) is 12.5 Å². The molecule has 0 nitrogen and oxygen atoms in total. The van der Waals surface area contributed by atoms with E-state index in [1.807, 2.05) is 19.1 Å². The topological polar surface area (TPSA) is 0 Å².